The summed E-state index contributed by atoms with van der Waals surface area (Å²) in [5.74, 6) is -2.54. The first-order valence-electron chi connectivity index (χ1n) is 17.4. The highest BCUT2D eigenvalue weighted by Gasteiger charge is 2.70. The summed E-state index contributed by atoms with van der Waals surface area (Å²) < 4.78 is 32.8. The van der Waals surface area contributed by atoms with Crippen LogP contribution < -0.4 is 5.32 Å². The average Bonchev–Trinajstić information content (AvgIpc) is 2.99. The Labute approximate surface area is 273 Å². The van der Waals surface area contributed by atoms with Gasteiger partial charge in [0.25, 0.3) is 0 Å². The maximum absolute atomic E-state index is 14.0. The predicted octanol–water partition coefficient (Wildman–Crippen LogP) is 8.35. The zero-order chi connectivity index (χ0) is 33.7. The third kappa shape index (κ3) is 4.59. The number of nitrogens with one attached hydrogen (secondary N) is 1. The number of Topliss-reactive ketones (excluding diaryl/α,β-unsaturated/α-hetero) is 1. The van der Waals surface area contributed by atoms with E-state index in [1.54, 1.807) is 0 Å². The minimum atomic E-state index is -0.958. The van der Waals surface area contributed by atoms with Crippen molar-refractivity contribution in [1.29, 1.82) is 0 Å². The van der Waals surface area contributed by atoms with Gasteiger partial charge in [0, 0.05) is 12.0 Å². The van der Waals surface area contributed by atoms with Crippen molar-refractivity contribution in [2.24, 2.45) is 56.2 Å². The van der Waals surface area contributed by atoms with Crippen molar-refractivity contribution in [1.82, 2.24) is 5.32 Å². The second-order valence-corrected chi connectivity index (χ2v) is 17.7. The molecule has 6 rings (SSSR count). The van der Waals surface area contributed by atoms with Crippen LogP contribution in [0.25, 0.3) is 0 Å². The third-order valence-corrected chi connectivity index (χ3v) is 14.7. The molecule has 0 spiro atoms. The number of amides is 1. The predicted molar refractivity (Wildman–Crippen MR) is 173 cm³/mol. The maximum Gasteiger partial charge on any atom is 0.312 e. The Balaban J connectivity index is 1.34. The number of benzene rings is 1. The van der Waals surface area contributed by atoms with Gasteiger partial charge >= 0.3 is 5.97 Å². The zero-order valence-electron chi connectivity index (χ0n) is 29.1. The first-order valence-corrected chi connectivity index (χ1v) is 17.4. The fraction of sp³-hybridized carbons (Fsp3) is 0.718. The van der Waals surface area contributed by atoms with Gasteiger partial charge in [0.1, 0.15) is 0 Å². The molecule has 0 heterocycles. The number of methoxy groups -OCH3 is 1. The lowest BCUT2D eigenvalue weighted by atomic mass is 9.33. The SMILES string of the molecule is COC(=O)C12CCC(C)(C)CC1C1=CCC3C4(C)CC(C(=O)NCc5ccc(F)c(F)c5)C(=O)C(C)(C)C4CCC3(C)C1(C)CC2. The fourth-order valence-corrected chi connectivity index (χ4v) is 12.0. The van der Waals surface area contributed by atoms with Crippen LogP contribution in [0.1, 0.15) is 112 Å². The van der Waals surface area contributed by atoms with Gasteiger partial charge in [-0.3, -0.25) is 14.4 Å². The van der Waals surface area contributed by atoms with E-state index < -0.39 is 28.4 Å². The molecule has 0 aromatic heterocycles. The average molecular weight is 638 g/mol. The molecule has 1 aromatic carbocycles. The fourth-order valence-electron chi connectivity index (χ4n) is 12.0. The molecule has 0 bridgehead atoms. The number of rotatable bonds is 4. The molecule has 46 heavy (non-hydrogen) atoms. The van der Waals surface area contributed by atoms with Gasteiger partial charge in [-0.15, -0.1) is 0 Å². The van der Waals surface area contributed by atoms with Crippen LogP contribution in [0.2, 0.25) is 0 Å². The van der Waals surface area contributed by atoms with Gasteiger partial charge in [-0.05, 0) is 115 Å². The summed E-state index contributed by atoms with van der Waals surface area (Å²) in [6.07, 6.45) is 10.4. The van der Waals surface area contributed by atoms with Crippen molar-refractivity contribution in [2.45, 2.75) is 113 Å². The van der Waals surface area contributed by atoms with E-state index in [2.05, 4.69) is 46.0 Å². The second-order valence-electron chi connectivity index (χ2n) is 17.7. The Morgan fingerprint density at radius 1 is 0.913 bits per heavy atom. The molecular weight excluding hydrogens is 584 g/mol. The molecular formula is C39H53F2NO4. The van der Waals surface area contributed by atoms with Crippen LogP contribution >= 0.6 is 0 Å². The number of hydrogen-bond donors (Lipinski definition) is 1. The molecule has 0 radical (unpaired) electrons. The van der Waals surface area contributed by atoms with Crippen LogP contribution in [0.15, 0.2) is 29.8 Å². The number of allylic oxidation sites excluding steroid dienone is 2. The van der Waals surface area contributed by atoms with Gasteiger partial charge in [0.05, 0.1) is 18.4 Å². The minimum Gasteiger partial charge on any atom is -0.469 e. The Morgan fingerprint density at radius 2 is 1.61 bits per heavy atom. The summed E-state index contributed by atoms with van der Waals surface area (Å²) in [5, 5.41) is 2.89. The van der Waals surface area contributed by atoms with E-state index in [-0.39, 0.29) is 63.6 Å². The lowest BCUT2D eigenvalue weighted by Crippen LogP contribution is -2.66. The second kappa shape index (κ2) is 10.7. The molecule has 4 saturated carbocycles. The molecule has 1 amide bonds. The van der Waals surface area contributed by atoms with Crippen LogP contribution in [0, 0.1) is 67.8 Å². The first kappa shape index (κ1) is 33.3. The molecule has 4 fully saturated rings. The molecule has 1 aromatic rings. The van der Waals surface area contributed by atoms with Crippen molar-refractivity contribution >= 4 is 17.7 Å². The third-order valence-electron chi connectivity index (χ3n) is 14.7. The molecule has 0 aliphatic heterocycles. The standard InChI is InChI=1S/C39H53F2NO4/c1-34(2)15-17-39(33(45)46-8)18-16-37(6)25(26(39)21-34)10-12-30-36(5)20-24(31(43)35(3,4)29(36)13-14-38(30,37)7)32(44)42-22-23-9-11-27(40)28(41)19-23/h9-11,19,24,26,29-30H,12-18,20-22H2,1-8H3,(H,42,44). The Kier molecular flexibility index (Phi) is 7.77. The van der Waals surface area contributed by atoms with Crippen LogP contribution in [0.3, 0.4) is 0 Å². The Hall–Kier alpha value is -2.57. The monoisotopic (exact) mass is 637 g/mol. The van der Waals surface area contributed by atoms with Crippen LogP contribution in [0.4, 0.5) is 8.78 Å². The maximum atomic E-state index is 14.0. The van der Waals surface area contributed by atoms with E-state index in [0.717, 1.165) is 63.5 Å². The topological polar surface area (TPSA) is 72.5 Å². The molecule has 1 N–H and O–H groups in total. The number of hydrogen-bond acceptors (Lipinski definition) is 4. The first-order chi connectivity index (χ1) is 21.4. The summed E-state index contributed by atoms with van der Waals surface area (Å²) in [4.78, 5) is 41.3. The van der Waals surface area contributed by atoms with E-state index in [1.165, 1.54) is 18.7 Å². The smallest absolute Gasteiger partial charge is 0.312 e. The van der Waals surface area contributed by atoms with E-state index in [0.29, 0.717) is 12.0 Å². The number of ketones is 1. The normalized spacial score (nSPS) is 40.7. The highest BCUT2D eigenvalue weighted by atomic mass is 19.2. The lowest BCUT2D eigenvalue weighted by Gasteiger charge is -2.71. The Morgan fingerprint density at radius 3 is 2.28 bits per heavy atom. The quantitative estimate of drug-likeness (QED) is 0.205. The van der Waals surface area contributed by atoms with Gasteiger partial charge in [-0.1, -0.05) is 66.2 Å². The van der Waals surface area contributed by atoms with Crippen LogP contribution in [0.5, 0.6) is 0 Å². The van der Waals surface area contributed by atoms with E-state index in [1.807, 2.05) is 13.8 Å². The number of carbonyl (C=O) groups excluding carboxylic acids is 3. The molecule has 7 heteroatoms. The summed E-state index contributed by atoms with van der Waals surface area (Å²) in [6, 6.07) is 3.60. The number of halogens is 2. The Bertz CT molecular complexity index is 1500. The highest BCUT2D eigenvalue weighted by molar-refractivity contribution is 6.04. The van der Waals surface area contributed by atoms with Crippen molar-refractivity contribution in [3.8, 4) is 0 Å². The number of fused-ring (bicyclic) bond motifs is 7. The molecule has 8 unspecified atom stereocenters. The molecule has 5 aliphatic rings. The summed E-state index contributed by atoms with van der Waals surface area (Å²) in [6.45, 7) is 16.0. The molecule has 252 valence electrons. The van der Waals surface area contributed by atoms with Gasteiger partial charge < -0.3 is 10.1 Å². The van der Waals surface area contributed by atoms with Crippen molar-refractivity contribution in [3.05, 3.63) is 47.0 Å². The van der Waals surface area contributed by atoms with Crippen molar-refractivity contribution in [3.63, 3.8) is 0 Å². The molecule has 8 atom stereocenters. The van der Waals surface area contributed by atoms with E-state index in [4.69, 9.17) is 4.74 Å². The summed E-state index contributed by atoms with van der Waals surface area (Å²) >= 11 is 0. The molecule has 5 aliphatic carbocycles. The van der Waals surface area contributed by atoms with Crippen molar-refractivity contribution in [2.75, 3.05) is 7.11 Å². The number of ether oxygens (including phenoxy) is 1. The van der Waals surface area contributed by atoms with E-state index in [9.17, 15) is 23.2 Å². The van der Waals surface area contributed by atoms with Gasteiger partial charge in [0.15, 0.2) is 17.4 Å². The van der Waals surface area contributed by atoms with Gasteiger partial charge in [-0.25, -0.2) is 8.78 Å². The summed E-state index contributed by atoms with van der Waals surface area (Å²) in [7, 11) is 1.53. The minimum absolute atomic E-state index is 0.0235. The molecule has 0 saturated heterocycles. The van der Waals surface area contributed by atoms with Crippen LogP contribution in [-0.4, -0.2) is 24.8 Å². The van der Waals surface area contributed by atoms with E-state index >= 15 is 0 Å². The van der Waals surface area contributed by atoms with Gasteiger partial charge in [0.2, 0.25) is 5.91 Å². The largest absolute Gasteiger partial charge is 0.469 e. The van der Waals surface area contributed by atoms with Crippen molar-refractivity contribution < 1.29 is 27.9 Å². The lowest BCUT2D eigenvalue weighted by molar-refractivity contribution is -0.196. The van der Waals surface area contributed by atoms with Crippen LogP contribution in [-0.2, 0) is 25.7 Å². The molecule has 5 nitrogen and oxygen atoms in total. The highest BCUT2D eigenvalue weighted by Crippen LogP contribution is 2.75. The zero-order valence-corrected chi connectivity index (χ0v) is 29.1. The summed E-state index contributed by atoms with van der Waals surface area (Å²) in [5.41, 5.74) is 0.487. The number of carbonyl (C=O) groups is 3. The number of esters is 1. The van der Waals surface area contributed by atoms with Gasteiger partial charge in [-0.2, -0.15) is 0 Å².